The van der Waals surface area contributed by atoms with Gasteiger partial charge in [0.25, 0.3) is 0 Å². The van der Waals surface area contributed by atoms with Crippen LogP contribution in [0, 0.1) is 11.7 Å². The van der Waals surface area contributed by atoms with E-state index in [1.807, 2.05) is 0 Å². The van der Waals surface area contributed by atoms with Crippen LogP contribution in [0.1, 0.15) is 36.9 Å². The first-order chi connectivity index (χ1) is 16.2. The molecule has 2 aromatic rings. The van der Waals surface area contributed by atoms with E-state index < -0.39 is 23.6 Å². The Morgan fingerprint density at radius 3 is 2.50 bits per heavy atom. The van der Waals surface area contributed by atoms with Crippen molar-refractivity contribution in [3.05, 3.63) is 47.5 Å². The predicted molar refractivity (Wildman–Crippen MR) is 118 cm³/mol. The summed E-state index contributed by atoms with van der Waals surface area (Å²) in [6.07, 6.45) is -1.50. The number of hydrogen-bond donors (Lipinski definition) is 1. The van der Waals surface area contributed by atoms with E-state index in [1.165, 1.54) is 18.5 Å². The molecule has 34 heavy (non-hydrogen) atoms. The van der Waals surface area contributed by atoms with Gasteiger partial charge in [-0.2, -0.15) is 17.6 Å². The van der Waals surface area contributed by atoms with Crippen molar-refractivity contribution in [1.29, 1.82) is 0 Å². The molecule has 2 aliphatic rings. The van der Waals surface area contributed by atoms with Crippen molar-refractivity contribution in [3.8, 4) is 0 Å². The van der Waals surface area contributed by atoms with Gasteiger partial charge in [-0.15, -0.1) is 0 Å². The second-order valence-electron chi connectivity index (χ2n) is 8.59. The van der Waals surface area contributed by atoms with Crippen LogP contribution in [-0.2, 0) is 15.7 Å². The third kappa shape index (κ3) is 5.40. The molecule has 1 amide bonds. The van der Waals surface area contributed by atoms with Crippen molar-refractivity contribution in [2.24, 2.45) is 5.92 Å². The molecule has 2 fully saturated rings. The number of aromatic nitrogens is 2. The molecule has 4 rings (SSSR count). The number of nitrogens with zero attached hydrogens (tertiary/aromatic N) is 4. The second kappa shape index (κ2) is 10.1. The highest BCUT2D eigenvalue weighted by molar-refractivity contribution is 5.73. The van der Waals surface area contributed by atoms with Crippen molar-refractivity contribution in [2.45, 2.75) is 32.0 Å². The topological polar surface area (TPSA) is 70.6 Å². The van der Waals surface area contributed by atoms with Crippen molar-refractivity contribution < 1.29 is 27.1 Å². The minimum Gasteiger partial charge on any atom is -0.377 e. The van der Waals surface area contributed by atoms with Gasteiger partial charge in [0.05, 0.1) is 24.8 Å². The first kappa shape index (κ1) is 24.2. The Balaban J connectivity index is 1.47. The Morgan fingerprint density at radius 1 is 1.15 bits per heavy atom. The molecule has 1 aromatic carbocycles. The third-order valence-corrected chi connectivity index (χ3v) is 6.41. The zero-order valence-electron chi connectivity index (χ0n) is 18.8. The normalized spacial score (nSPS) is 19.9. The van der Waals surface area contributed by atoms with Crippen molar-refractivity contribution >= 4 is 17.5 Å². The number of nitrogens with one attached hydrogen (secondary N) is 1. The Kier molecular flexibility index (Phi) is 7.20. The molecule has 1 atom stereocenters. The maximum absolute atomic E-state index is 15.4. The fraction of sp³-hybridized carbons (Fsp3) is 0.522. The Hall–Kier alpha value is -2.95. The van der Waals surface area contributed by atoms with Crippen molar-refractivity contribution in [2.75, 3.05) is 49.6 Å². The molecule has 0 unspecified atom stereocenters. The van der Waals surface area contributed by atoms with Crippen molar-refractivity contribution in [3.63, 3.8) is 0 Å². The number of carbonyl (C=O) groups is 1. The highest BCUT2D eigenvalue weighted by atomic mass is 19.4. The van der Waals surface area contributed by atoms with Crippen LogP contribution in [0.3, 0.4) is 0 Å². The summed E-state index contributed by atoms with van der Waals surface area (Å²) in [7, 11) is 0. The first-order valence-corrected chi connectivity index (χ1v) is 11.3. The molecule has 0 radical (unpaired) electrons. The molecule has 184 valence electrons. The number of morpholine rings is 1. The number of hydrogen-bond acceptors (Lipinski definition) is 6. The molecule has 7 nitrogen and oxygen atoms in total. The lowest BCUT2D eigenvalue weighted by molar-refractivity contribution is -0.137. The summed E-state index contributed by atoms with van der Waals surface area (Å²) >= 11 is 0. The van der Waals surface area contributed by atoms with Gasteiger partial charge in [-0.25, -0.2) is 9.97 Å². The van der Waals surface area contributed by atoms with E-state index in [4.69, 9.17) is 4.74 Å². The van der Waals surface area contributed by atoms with E-state index in [0.717, 1.165) is 25.0 Å². The second-order valence-corrected chi connectivity index (χ2v) is 8.59. The maximum atomic E-state index is 15.4. The Morgan fingerprint density at radius 2 is 1.85 bits per heavy atom. The Labute approximate surface area is 195 Å². The summed E-state index contributed by atoms with van der Waals surface area (Å²) < 4.78 is 59.8. The molecule has 1 N–H and O–H groups in total. The van der Waals surface area contributed by atoms with Crippen LogP contribution in [-0.4, -0.2) is 60.2 Å². The number of ether oxygens (including phenoxy) is 1. The number of amides is 1. The first-order valence-electron chi connectivity index (χ1n) is 11.3. The van der Waals surface area contributed by atoms with Gasteiger partial charge in [-0.05, 0) is 36.5 Å². The molecule has 3 heterocycles. The summed E-state index contributed by atoms with van der Waals surface area (Å²) in [5, 5.41) is 3.07. The number of anilines is 2. The predicted octanol–water partition coefficient (Wildman–Crippen LogP) is 3.88. The third-order valence-electron chi connectivity index (χ3n) is 6.41. The van der Waals surface area contributed by atoms with Crippen LogP contribution < -0.4 is 10.2 Å². The lowest BCUT2D eigenvalue weighted by atomic mass is 9.97. The monoisotopic (exact) mass is 481 g/mol. The quantitative estimate of drug-likeness (QED) is 0.654. The molecule has 1 aromatic heterocycles. The summed E-state index contributed by atoms with van der Waals surface area (Å²) in [6.45, 7) is 4.32. The number of likely N-dealkylation sites (tertiary alicyclic amines) is 1. The number of benzene rings is 1. The summed E-state index contributed by atoms with van der Waals surface area (Å²) in [4.78, 5) is 23.2. The fourth-order valence-corrected chi connectivity index (χ4v) is 4.40. The van der Waals surface area contributed by atoms with E-state index in [-0.39, 0.29) is 30.1 Å². The largest absolute Gasteiger partial charge is 0.416 e. The zero-order valence-corrected chi connectivity index (χ0v) is 18.8. The standard InChI is InChI=1S/C23H27F4N5O2/c1-15(33)31-8-6-16(7-9-31)12-28-21-20(24)22(30-14-29-21)32-10-11-34-13-19(32)17-2-4-18(5-3-17)23(25,26)27/h2-5,14,16,19H,6-13H2,1H3,(H,28,29,30)/t19-/m1/s1. The average Bonchev–Trinajstić information content (AvgIpc) is 2.83. The fourth-order valence-electron chi connectivity index (χ4n) is 4.40. The maximum Gasteiger partial charge on any atom is 0.416 e. The highest BCUT2D eigenvalue weighted by Gasteiger charge is 2.32. The van der Waals surface area contributed by atoms with E-state index >= 15 is 4.39 Å². The number of rotatable bonds is 5. The van der Waals surface area contributed by atoms with Crippen molar-refractivity contribution in [1.82, 2.24) is 14.9 Å². The smallest absolute Gasteiger partial charge is 0.377 e. The number of carbonyl (C=O) groups excluding carboxylic acids is 1. The molecular formula is C23H27F4N5O2. The van der Waals surface area contributed by atoms with E-state index in [0.29, 0.717) is 38.3 Å². The lowest BCUT2D eigenvalue weighted by Crippen LogP contribution is -2.41. The van der Waals surface area contributed by atoms with Crippen LogP contribution in [0.25, 0.3) is 0 Å². The van der Waals surface area contributed by atoms with Gasteiger partial charge in [-0.3, -0.25) is 4.79 Å². The van der Waals surface area contributed by atoms with E-state index in [9.17, 15) is 18.0 Å². The number of halogens is 4. The van der Waals surface area contributed by atoms with Gasteiger partial charge in [0, 0.05) is 33.1 Å². The van der Waals surface area contributed by atoms with Gasteiger partial charge in [0.15, 0.2) is 11.6 Å². The van der Waals surface area contributed by atoms with Crippen LogP contribution in [0.4, 0.5) is 29.2 Å². The average molecular weight is 481 g/mol. The summed E-state index contributed by atoms with van der Waals surface area (Å²) in [6, 6.07) is 4.33. The van der Waals surface area contributed by atoms with E-state index in [2.05, 4.69) is 15.3 Å². The van der Waals surface area contributed by atoms with Crippen LogP contribution in [0.15, 0.2) is 30.6 Å². The van der Waals surface area contributed by atoms with Gasteiger partial charge < -0.3 is 19.9 Å². The van der Waals surface area contributed by atoms with Crippen LogP contribution in [0.5, 0.6) is 0 Å². The molecule has 0 aliphatic carbocycles. The molecule has 0 spiro atoms. The SMILES string of the molecule is CC(=O)N1CCC(CNc2ncnc(N3CCOC[C@@H]3c3ccc(C(F)(F)F)cc3)c2F)CC1. The minimum absolute atomic E-state index is 0.0611. The molecule has 0 saturated carbocycles. The van der Waals surface area contributed by atoms with Crippen LogP contribution in [0.2, 0.25) is 0 Å². The Bertz CT molecular complexity index is 994. The zero-order chi connectivity index (χ0) is 24.3. The lowest BCUT2D eigenvalue weighted by Gasteiger charge is -2.37. The molecule has 2 saturated heterocycles. The van der Waals surface area contributed by atoms with Gasteiger partial charge >= 0.3 is 6.18 Å². The molecule has 11 heteroatoms. The summed E-state index contributed by atoms with van der Waals surface area (Å²) in [5.41, 5.74) is -0.161. The highest BCUT2D eigenvalue weighted by Crippen LogP contribution is 2.34. The van der Waals surface area contributed by atoms with Crippen LogP contribution >= 0.6 is 0 Å². The van der Waals surface area contributed by atoms with Gasteiger partial charge in [-0.1, -0.05) is 12.1 Å². The van der Waals surface area contributed by atoms with E-state index in [1.54, 1.807) is 16.7 Å². The van der Waals surface area contributed by atoms with Gasteiger partial charge in [0.2, 0.25) is 11.7 Å². The minimum atomic E-state index is -4.43. The molecular weight excluding hydrogens is 454 g/mol. The molecule has 0 bridgehead atoms. The van der Waals surface area contributed by atoms with Gasteiger partial charge in [0.1, 0.15) is 6.33 Å². The molecule has 2 aliphatic heterocycles. The number of piperidine rings is 1. The summed E-state index contributed by atoms with van der Waals surface area (Å²) in [5.74, 6) is -0.0982. The number of alkyl halides is 3.